The summed E-state index contributed by atoms with van der Waals surface area (Å²) >= 11 is 0. The molecule has 2 fully saturated rings. The van der Waals surface area contributed by atoms with Crippen LogP contribution in [0.2, 0.25) is 0 Å². The topological polar surface area (TPSA) is 75.3 Å². The van der Waals surface area contributed by atoms with Crippen molar-refractivity contribution < 1.29 is 13.2 Å². The highest BCUT2D eigenvalue weighted by atomic mass is 32.2. The Morgan fingerprint density at radius 2 is 1.87 bits per heavy atom. The number of carbonyl (C=O) groups is 1. The molecule has 2 saturated carbocycles. The first-order valence-electron chi connectivity index (χ1n) is 8.25. The third kappa shape index (κ3) is 3.28. The molecule has 1 aromatic carbocycles. The van der Waals surface area contributed by atoms with E-state index in [2.05, 4.69) is 17.0 Å². The van der Waals surface area contributed by atoms with Crippen LogP contribution in [-0.2, 0) is 10.0 Å². The lowest BCUT2D eigenvalue weighted by molar-refractivity contribution is 0.0915. The fourth-order valence-electron chi connectivity index (χ4n) is 4.21. The molecule has 2 N–H and O–H groups in total. The average Bonchev–Trinajstić information content (AvgIpc) is 3.18. The number of hydrogen-bond donors (Lipinski definition) is 2. The summed E-state index contributed by atoms with van der Waals surface area (Å²) in [5, 5.41) is 3.09. The Morgan fingerprint density at radius 3 is 2.39 bits per heavy atom. The molecule has 1 amide bonds. The third-order valence-electron chi connectivity index (χ3n) is 5.49. The van der Waals surface area contributed by atoms with Gasteiger partial charge >= 0.3 is 0 Å². The predicted octanol–water partition coefficient (Wildman–Crippen LogP) is 2.15. The second-order valence-corrected chi connectivity index (χ2v) is 8.72. The summed E-state index contributed by atoms with van der Waals surface area (Å²) in [6.45, 7) is 2.09. The van der Waals surface area contributed by atoms with Crippen LogP contribution in [-0.4, -0.2) is 27.4 Å². The summed E-state index contributed by atoms with van der Waals surface area (Å²) in [5.74, 6) is 2.07. The maximum Gasteiger partial charge on any atom is 0.251 e. The molecule has 5 nitrogen and oxygen atoms in total. The molecule has 0 saturated heterocycles. The summed E-state index contributed by atoms with van der Waals surface area (Å²) < 4.78 is 25.7. The Bertz CT molecular complexity index is 684. The van der Waals surface area contributed by atoms with Gasteiger partial charge in [0.05, 0.1) is 4.90 Å². The number of fused-ring (bicyclic) bond motifs is 2. The Kier molecular flexibility index (Phi) is 4.47. The summed E-state index contributed by atoms with van der Waals surface area (Å²) in [7, 11) is -2.10. The molecular formula is C17H24N2O3S. The first kappa shape index (κ1) is 16.5. The van der Waals surface area contributed by atoms with Crippen LogP contribution >= 0.6 is 0 Å². The molecule has 0 aromatic heterocycles. The largest absolute Gasteiger partial charge is 0.349 e. The minimum Gasteiger partial charge on any atom is -0.349 e. The van der Waals surface area contributed by atoms with Gasteiger partial charge in [-0.05, 0) is 75.3 Å². The summed E-state index contributed by atoms with van der Waals surface area (Å²) in [4.78, 5) is 12.5. The third-order valence-corrected chi connectivity index (χ3v) is 6.92. The lowest BCUT2D eigenvalue weighted by Gasteiger charge is -2.28. The van der Waals surface area contributed by atoms with Crippen LogP contribution in [0.3, 0.4) is 0 Å². The van der Waals surface area contributed by atoms with Gasteiger partial charge in [0.2, 0.25) is 10.0 Å². The number of nitrogens with one attached hydrogen (secondary N) is 2. The number of carbonyl (C=O) groups excluding carboxylic acids is 1. The standard InChI is InChI=1S/C17H24N2O3S/c1-11(16-10-12-3-4-14(16)9-12)19-17(20)13-5-7-15(8-6-13)23(21,22)18-2/h5-8,11-12,14,16,18H,3-4,9-10H2,1-2H3,(H,19,20). The number of sulfonamides is 1. The van der Waals surface area contributed by atoms with E-state index in [-0.39, 0.29) is 16.8 Å². The molecular weight excluding hydrogens is 312 g/mol. The lowest BCUT2D eigenvalue weighted by Crippen LogP contribution is -2.40. The molecule has 2 aliphatic rings. The number of amides is 1. The van der Waals surface area contributed by atoms with E-state index in [1.165, 1.54) is 44.9 Å². The van der Waals surface area contributed by atoms with Crippen molar-refractivity contribution in [1.29, 1.82) is 0 Å². The zero-order valence-electron chi connectivity index (χ0n) is 13.6. The van der Waals surface area contributed by atoms with E-state index in [4.69, 9.17) is 0 Å². The van der Waals surface area contributed by atoms with Crippen molar-refractivity contribution >= 4 is 15.9 Å². The molecule has 3 rings (SSSR count). The van der Waals surface area contributed by atoms with E-state index in [0.717, 1.165) is 11.8 Å². The van der Waals surface area contributed by atoms with Gasteiger partial charge in [0, 0.05) is 11.6 Å². The van der Waals surface area contributed by atoms with E-state index >= 15 is 0 Å². The van der Waals surface area contributed by atoms with Gasteiger partial charge in [-0.15, -0.1) is 0 Å². The molecule has 23 heavy (non-hydrogen) atoms. The Labute approximate surface area is 137 Å². The van der Waals surface area contributed by atoms with Gasteiger partial charge in [-0.1, -0.05) is 6.42 Å². The highest BCUT2D eigenvalue weighted by Crippen LogP contribution is 2.49. The van der Waals surface area contributed by atoms with Crippen molar-refractivity contribution in [1.82, 2.24) is 10.0 Å². The van der Waals surface area contributed by atoms with Crippen LogP contribution in [0.4, 0.5) is 0 Å². The molecule has 2 aliphatic carbocycles. The maximum atomic E-state index is 12.4. The first-order chi connectivity index (χ1) is 10.9. The van der Waals surface area contributed by atoms with Gasteiger partial charge in [-0.3, -0.25) is 4.79 Å². The fraction of sp³-hybridized carbons (Fsp3) is 0.588. The fourth-order valence-corrected chi connectivity index (χ4v) is 4.94. The Hall–Kier alpha value is -1.40. The van der Waals surface area contributed by atoms with Crippen LogP contribution in [0.25, 0.3) is 0 Å². The van der Waals surface area contributed by atoms with E-state index in [9.17, 15) is 13.2 Å². The Morgan fingerprint density at radius 1 is 1.17 bits per heavy atom. The van der Waals surface area contributed by atoms with E-state index in [0.29, 0.717) is 11.5 Å². The van der Waals surface area contributed by atoms with Gasteiger partial charge in [0.25, 0.3) is 5.91 Å². The van der Waals surface area contributed by atoms with E-state index < -0.39 is 10.0 Å². The molecule has 4 atom stereocenters. The van der Waals surface area contributed by atoms with Crippen LogP contribution in [0, 0.1) is 17.8 Å². The molecule has 0 spiro atoms. The molecule has 4 unspecified atom stereocenters. The van der Waals surface area contributed by atoms with E-state index in [1.807, 2.05) is 0 Å². The van der Waals surface area contributed by atoms with Crippen LogP contribution < -0.4 is 10.0 Å². The molecule has 1 aromatic rings. The average molecular weight is 336 g/mol. The minimum absolute atomic E-state index is 0.131. The molecule has 0 radical (unpaired) electrons. The highest BCUT2D eigenvalue weighted by Gasteiger charge is 2.42. The smallest absolute Gasteiger partial charge is 0.251 e. The van der Waals surface area contributed by atoms with Crippen LogP contribution in [0.15, 0.2) is 29.2 Å². The summed E-state index contributed by atoms with van der Waals surface area (Å²) in [6.07, 6.45) is 5.20. The summed E-state index contributed by atoms with van der Waals surface area (Å²) in [6, 6.07) is 6.21. The van der Waals surface area contributed by atoms with Crippen LogP contribution in [0.5, 0.6) is 0 Å². The maximum absolute atomic E-state index is 12.4. The molecule has 2 bridgehead atoms. The lowest BCUT2D eigenvalue weighted by atomic mass is 9.84. The summed E-state index contributed by atoms with van der Waals surface area (Å²) in [5.41, 5.74) is 0.495. The van der Waals surface area contributed by atoms with Gasteiger partial charge in [-0.2, -0.15) is 0 Å². The SMILES string of the molecule is CNS(=O)(=O)c1ccc(C(=O)NC(C)C2CC3CCC2C3)cc1. The van der Waals surface area contributed by atoms with Crippen molar-refractivity contribution in [3.8, 4) is 0 Å². The van der Waals surface area contributed by atoms with Gasteiger partial charge < -0.3 is 5.32 Å². The predicted molar refractivity (Wildman–Crippen MR) is 88.6 cm³/mol. The minimum atomic E-state index is -3.46. The zero-order valence-corrected chi connectivity index (χ0v) is 14.4. The molecule has 0 aliphatic heterocycles. The van der Waals surface area contributed by atoms with Gasteiger partial charge in [0.15, 0.2) is 0 Å². The monoisotopic (exact) mass is 336 g/mol. The molecule has 6 heteroatoms. The van der Waals surface area contributed by atoms with Crippen molar-refractivity contribution in [2.45, 2.75) is 43.5 Å². The quantitative estimate of drug-likeness (QED) is 0.865. The van der Waals surface area contributed by atoms with Gasteiger partial charge in [-0.25, -0.2) is 13.1 Å². The zero-order chi connectivity index (χ0) is 16.6. The normalized spacial score (nSPS) is 27.8. The second-order valence-electron chi connectivity index (χ2n) is 6.83. The second kappa shape index (κ2) is 6.24. The van der Waals surface area contributed by atoms with Crippen molar-refractivity contribution in [3.63, 3.8) is 0 Å². The number of rotatable bonds is 5. The Balaban J connectivity index is 1.64. The first-order valence-corrected chi connectivity index (χ1v) is 9.73. The van der Waals surface area contributed by atoms with Crippen molar-refractivity contribution in [3.05, 3.63) is 29.8 Å². The van der Waals surface area contributed by atoms with Gasteiger partial charge in [0.1, 0.15) is 0 Å². The number of hydrogen-bond acceptors (Lipinski definition) is 3. The number of benzene rings is 1. The molecule has 126 valence electrons. The van der Waals surface area contributed by atoms with E-state index in [1.54, 1.807) is 12.1 Å². The molecule has 0 heterocycles. The van der Waals surface area contributed by atoms with Crippen molar-refractivity contribution in [2.75, 3.05) is 7.05 Å². The van der Waals surface area contributed by atoms with Crippen LogP contribution in [0.1, 0.15) is 43.0 Å². The van der Waals surface area contributed by atoms with Crippen molar-refractivity contribution in [2.24, 2.45) is 17.8 Å². The highest BCUT2D eigenvalue weighted by molar-refractivity contribution is 7.89.